The smallest absolute Gasteiger partial charge is 0.258 e. The molecule has 0 aliphatic rings. The second-order valence-corrected chi connectivity index (χ2v) is 3.16. The number of carbonyl (C=O) groups is 1. The topological polar surface area (TPSA) is 57.8 Å². The lowest BCUT2D eigenvalue weighted by Crippen LogP contribution is -2.14. The highest BCUT2D eigenvalue weighted by Crippen LogP contribution is 2.16. The summed E-state index contributed by atoms with van der Waals surface area (Å²) in [5.41, 5.74) is -0.288. The van der Waals surface area contributed by atoms with Gasteiger partial charge in [0.05, 0.1) is 17.4 Å². The lowest BCUT2D eigenvalue weighted by molar-refractivity contribution is 0.102. The standard InChI is InChI=1S/C10H6F3N3O/c11-7-2-1-6(8(12)9(7)13)10(17)16-5-3-14-15-4-5/h1-4H,(H,14,15)(H,16,17). The molecule has 0 aliphatic heterocycles. The van der Waals surface area contributed by atoms with Gasteiger partial charge < -0.3 is 5.32 Å². The minimum Gasteiger partial charge on any atom is -0.319 e. The van der Waals surface area contributed by atoms with Crippen LogP contribution in [0.3, 0.4) is 0 Å². The number of carbonyl (C=O) groups excluding carboxylic acids is 1. The second kappa shape index (κ2) is 4.28. The fourth-order valence-electron chi connectivity index (χ4n) is 1.22. The molecule has 1 aromatic heterocycles. The van der Waals surface area contributed by atoms with Gasteiger partial charge in [0.25, 0.3) is 5.91 Å². The summed E-state index contributed by atoms with van der Waals surface area (Å²) in [6, 6.07) is 1.55. The SMILES string of the molecule is O=C(Nc1cn[nH]c1)c1ccc(F)c(F)c1F. The summed E-state index contributed by atoms with van der Waals surface area (Å²) in [5.74, 6) is -5.43. The number of hydrogen-bond acceptors (Lipinski definition) is 2. The Labute approximate surface area is 93.5 Å². The lowest BCUT2D eigenvalue weighted by Gasteiger charge is -2.04. The van der Waals surface area contributed by atoms with Crippen LogP contribution in [-0.2, 0) is 0 Å². The Bertz CT molecular complexity index is 554. The zero-order valence-electron chi connectivity index (χ0n) is 8.30. The first-order valence-corrected chi connectivity index (χ1v) is 4.53. The van der Waals surface area contributed by atoms with Gasteiger partial charge in [-0.3, -0.25) is 9.89 Å². The number of aromatic nitrogens is 2. The largest absolute Gasteiger partial charge is 0.319 e. The molecule has 7 heteroatoms. The average molecular weight is 241 g/mol. The molecule has 0 saturated carbocycles. The van der Waals surface area contributed by atoms with Crippen molar-refractivity contribution in [1.82, 2.24) is 10.2 Å². The van der Waals surface area contributed by atoms with E-state index in [1.165, 1.54) is 12.4 Å². The Balaban J connectivity index is 2.29. The van der Waals surface area contributed by atoms with E-state index < -0.39 is 28.9 Å². The van der Waals surface area contributed by atoms with Crippen molar-refractivity contribution in [3.8, 4) is 0 Å². The highest BCUT2D eigenvalue weighted by Gasteiger charge is 2.18. The molecule has 0 fully saturated rings. The quantitative estimate of drug-likeness (QED) is 0.791. The monoisotopic (exact) mass is 241 g/mol. The summed E-state index contributed by atoms with van der Waals surface area (Å²) < 4.78 is 38.8. The maximum atomic E-state index is 13.2. The molecule has 0 unspecified atom stereocenters. The first-order chi connectivity index (χ1) is 8.09. The van der Waals surface area contributed by atoms with Crippen LogP contribution >= 0.6 is 0 Å². The van der Waals surface area contributed by atoms with Gasteiger partial charge in [-0.05, 0) is 12.1 Å². The normalized spacial score (nSPS) is 10.3. The number of rotatable bonds is 2. The van der Waals surface area contributed by atoms with E-state index >= 15 is 0 Å². The molecule has 0 saturated heterocycles. The molecule has 1 aromatic carbocycles. The van der Waals surface area contributed by atoms with Gasteiger partial charge in [0.2, 0.25) is 0 Å². The molecule has 17 heavy (non-hydrogen) atoms. The van der Waals surface area contributed by atoms with Crippen LogP contribution in [0.2, 0.25) is 0 Å². The van der Waals surface area contributed by atoms with Crippen molar-refractivity contribution in [3.63, 3.8) is 0 Å². The van der Waals surface area contributed by atoms with Crippen LogP contribution in [0.15, 0.2) is 24.5 Å². The fraction of sp³-hybridized carbons (Fsp3) is 0. The predicted molar refractivity (Wildman–Crippen MR) is 52.9 cm³/mol. The molecular formula is C10H6F3N3O. The van der Waals surface area contributed by atoms with Crippen molar-refractivity contribution in [2.45, 2.75) is 0 Å². The molecule has 2 rings (SSSR count). The number of H-pyrrole nitrogens is 1. The Morgan fingerprint density at radius 1 is 1.24 bits per heavy atom. The summed E-state index contributed by atoms with van der Waals surface area (Å²) in [6.45, 7) is 0. The van der Waals surface area contributed by atoms with Crippen molar-refractivity contribution < 1.29 is 18.0 Å². The van der Waals surface area contributed by atoms with Crippen molar-refractivity contribution in [2.24, 2.45) is 0 Å². The van der Waals surface area contributed by atoms with Crippen molar-refractivity contribution in [2.75, 3.05) is 5.32 Å². The molecule has 1 heterocycles. The third-order valence-electron chi connectivity index (χ3n) is 2.04. The molecule has 2 N–H and O–H groups in total. The molecule has 88 valence electrons. The number of anilines is 1. The maximum Gasteiger partial charge on any atom is 0.258 e. The summed E-state index contributed by atoms with van der Waals surface area (Å²) in [5, 5.41) is 8.25. The van der Waals surface area contributed by atoms with Gasteiger partial charge in [0.15, 0.2) is 17.5 Å². The van der Waals surface area contributed by atoms with Gasteiger partial charge in [-0.2, -0.15) is 5.10 Å². The van der Waals surface area contributed by atoms with E-state index in [0.29, 0.717) is 11.8 Å². The number of hydrogen-bond donors (Lipinski definition) is 2. The van der Waals surface area contributed by atoms with E-state index in [9.17, 15) is 18.0 Å². The van der Waals surface area contributed by atoms with Crippen LogP contribution < -0.4 is 5.32 Å². The van der Waals surface area contributed by atoms with Crippen molar-refractivity contribution >= 4 is 11.6 Å². The van der Waals surface area contributed by atoms with Gasteiger partial charge in [-0.1, -0.05) is 0 Å². The van der Waals surface area contributed by atoms with E-state index in [0.717, 1.165) is 6.07 Å². The summed E-state index contributed by atoms with van der Waals surface area (Å²) >= 11 is 0. The first-order valence-electron chi connectivity index (χ1n) is 4.53. The van der Waals surface area contributed by atoms with Crippen molar-refractivity contribution in [3.05, 3.63) is 47.5 Å². The van der Waals surface area contributed by atoms with Crippen LogP contribution in [0.25, 0.3) is 0 Å². The molecule has 2 aromatic rings. The molecule has 0 spiro atoms. The van der Waals surface area contributed by atoms with Crippen LogP contribution in [0.1, 0.15) is 10.4 Å². The van der Waals surface area contributed by atoms with Gasteiger partial charge in [0, 0.05) is 6.20 Å². The third kappa shape index (κ3) is 2.12. The molecule has 0 aliphatic carbocycles. The molecule has 1 amide bonds. The number of aromatic amines is 1. The van der Waals surface area contributed by atoms with E-state index in [1.54, 1.807) is 0 Å². The third-order valence-corrected chi connectivity index (χ3v) is 2.04. The minimum absolute atomic E-state index is 0.291. The number of benzene rings is 1. The van der Waals surface area contributed by atoms with Gasteiger partial charge in [-0.15, -0.1) is 0 Å². The zero-order valence-corrected chi connectivity index (χ0v) is 8.30. The Kier molecular flexibility index (Phi) is 2.82. The van der Waals surface area contributed by atoms with E-state index in [-0.39, 0.29) is 0 Å². The Morgan fingerprint density at radius 3 is 2.65 bits per heavy atom. The van der Waals surface area contributed by atoms with E-state index in [2.05, 4.69) is 15.5 Å². The summed E-state index contributed by atoms with van der Waals surface area (Å²) in [6.07, 6.45) is 2.64. The fourth-order valence-corrected chi connectivity index (χ4v) is 1.22. The maximum absolute atomic E-state index is 13.2. The highest BCUT2D eigenvalue weighted by molar-refractivity contribution is 6.04. The second-order valence-electron chi connectivity index (χ2n) is 3.16. The number of amides is 1. The number of halogens is 3. The summed E-state index contributed by atoms with van der Waals surface area (Å²) in [4.78, 5) is 11.5. The lowest BCUT2D eigenvalue weighted by atomic mass is 10.2. The minimum atomic E-state index is -1.68. The van der Waals surface area contributed by atoms with E-state index in [4.69, 9.17) is 0 Å². The molecule has 0 bridgehead atoms. The van der Waals surface area contributed by atoms with Crippen LogP contribution in [0.5, 0.6) is 0 Å². The van der Waals surface area contributed by atoms with Gasteiger partial charge in [-0.25, -0.2) is 13.2 Å². The Morgan fingerprint density at radius 2 is 2.00 bits per heavy atom. The van der Waals surface area contributed by atoms with Crippen molar-refractivity contribution in [1.29, 1.82) is 0 Å². The van der Waals surface area contributed by atoms with Crippen LogP contribution in [0.4, 0.5) is 18.9 Å². The molecule has 4 nitrogen and oxygen atoms in total. The Hall–Kier alpha value is -2.31. The first kappa shape index (κ1) is 11.2. The van der Waals surface area contributed by atoms with E-state index in [1.807, 2.05) is 0 Å². The van der Waals surface area contributed by atoms with Crippen LogP contribution in [0, 0.1) is 17.5 Å². The zero-order chi connectivity index (χ0) is 12.4. The molecule has 0 radical (unpaired) electrons. The molecule has 0 atom stereocenters. The highest BCUT2D eigenvalue weighted by atomic mass is 19.2. The van der Waals surface area contributed by atoms with Gasteiger partial charge in [0.1, 0.15) is 0 Å². The van der Waals surface area contributed by atoms with Crippen LogP contribution in [-0.4, -0.2) is 16.1 Å². The molecular weight excluding hydrogens is 235 g/mol. The number of nitrogens with zero attached hydrogens (tertiary/aromatic N) is 1. The summed E-state index contributed by atoms with van der Waals surface area (Å²) in [7, 11) is 0. The predicted octanol–water partition coefficient (Wildman–Crippen LogP) is 2.08. The van der Waals surface area contributed by atoms with Gasteiger partial charge >= 0.3 is 0 Å². The number of nitrogens with one attached hydrogen (secondary N) is 2. The average Bonchev–Trinajstić information content (AvgIpc) is 2.78.